The summed E-state index contributed by atoms with van der Waals surface area (Å²) >= 11 is 0. The molecule has 7 nitrogen and oxygen atoms in total. The van der Waals surface area contributed by atoms with Gasteiger partial charge in [-0.15, -0.1) is 0 Å². The van der Waals surface area contributed by atoms with E-state index in [0.29, 0.717) is 0 Å². The predicted molar refractivity (Wildman–Crippen MR) is 142 cm³/mol. The SMILES string of the molecule is COC[C@H](F)C1O[C@@H](OC(C)=O)C(OCc2ccccc2)C(OCc2ccccc2)[C@@H]1OCc1ccccc1. The van der Waals surface area contributed by atoms with Crippen LogP contribution >= 0.6 is 0 Å². The maximum Gasteiger partial charge on any atom is 0.305 e. The first-order chi connectivity index (χ1) is 19.0. The van der Waals surface area contributed by atoms with E-state index in [1.807, 2.05) is 91.0 Å². The Morgan fingerprint density at radius 1 is 0.744 bits per heavy atom. The van der Waals surface area contributed by atoms with E-state index < -0.39 is 42.8 Å². The molecular formula is C31H35FO7. The van der Waals surface area contributed by atoms with Crippen LogP contribution in [-0.4, -0.2) is 56.6 Å². The highest BCUT2D eigenvalue weighted by atomic mass is 19.1. The number of rotatable bonds is 13. The van der Waals surface area contributed by atoms with Gasteiger partial charge in [0.15, 0.2) is 6.17 Å². The highest BCUT2D eigenvalue weighted by Crippen LogP contribution is 2.33. The standard InChI is InChI=1S/C31H35FO7/c1-22(33)38-31-30(37-20-25-16-10-5-11-17-25)29(36-19-24-14-8-4-9-15-24)28(27(39-31)26(32)21-34-2)35-18-23-12-6-3-7-13-23/h3-17,26-31H,18-21H2,1-2H3/t26-,27?,28+,29?,30?,31+/m0/s1. The lowest BCUT2D eigenvalue weighted by Gasteiger charge is -2.46. The van der Waals surface area contributed by atoms with E-state index in [1.165, 1.54) is 14.0 Å². The zero-order valence-electron chi connectivity index (χ0n) is 22.2. The van der Waals surface area contributed by atoms with Crippen molar-refractivity contribution in [3.05, 3.63) is 108 Å². The Kier molecular flexibility index (Phi) is 11.0. The van der Waals surface area contributed by atoms with Gasteiger partial charge in [0, 0.05) is 14.0 Å². The zero-order valence-corrected chi connectivity index (χ0v) is 22.2. The summed E-state index contributed by atoms with van der Waals surface area (Å²) in [7, 11) is 1.41. The second-order valence-electron chi connectivity index (χ2n) is 9.33. The first-order valence-electron chi connectivity index (χ1n) is 13.0. The molecule has 1 heterocycles. The van der Waals surface area contributed by atoms with Gasteiger partial charge in [-0.3, -0.25) is 4.79 Å². The summed E-state index contributed by atoms with van der Waals surface area (Å²) in [6.07, 6.45) is -6.57. The fourth-order valence-electron chi connectivity index (χ4n) is 4.49. The molecule has 0 bridgehead atoms. The molecule has 3 aromatic carbocycles. The number of carbonyl (C=O) groups is 1. The van der Waals surface area contributed by atoms with Gasteiger partial charge in [0.2, 0.25) is 6.29 Å². The molecule has 4 rings (SSSR count). The normalized spacial score (nSPS) is 23.7. The molecule has 0 aliphatic carbocycles. The van der Waals surface area contributed by atoms with E-state index >= 15 is 4.39 Å². The fourth-order valence-corrected chi connectivity index (χ4v) is 4.49. The molecule has 0 N–H and O–H groups in total. The van der Waals surface area contributed by atoms with E-state index in [4.69, 9.17) is 28.4 Å². The number of carbonyl (C=O) groups excluding carboxylic acids is 1. The molecule has 1 saturated heterocycles. The maximum atomic E-state index is 15.5. The van der Waals surface area contributed by atoms with Crippen LogP contribution in [0.2, 0.25) is 0 Å². The van der Waals surface area contributed by atoms with Gasteiger partial charge in [0.25, 0.3) is 0 Å². The third-order valence-electron chi connectivity index (χ3n) is 6.35. The number of hydrogen-bond acceptors (Lipinski definition) is 7. The molecule has 0 spiro atoms. The predicted octanol–water partition coefficient (Wildman–Crippen LogP) is 5.02. The Labute approximate surface area is 228 Å². The molecule has 3 unspecified atom stereocenters. The highest BCUT2D eigenvalue weighted by Gasteiger charge is 2.52. The smallest absolute Gasteiger partial charge is 0.305 e. The van der Waals surface area contributed by atoms with Crippen LogP contribution in [0.25, 0.3) is 0 Å². The van der Waals surface area contributed by atoms with Gasteiger partial charge in [0.05, 0.1) is 26.4 Å². The van der Waals surface area contributed by atoms with Crippen LogP contribution in [0.3, 0.4) is 0 Å². The lowest BCUT2D eigenvalue weighted by Crippen LogP contribution is -2.63. The third kappa shape index (κ3) is 8.42. The summed E-state index contributed by atoms with van der Waals surface area (Å²) in [6.45, 7) is 1.64. The van der Waals surface area contributed by atoms with Crippen LogP contribution in [0.4, 0.5) is 4.39 Å². The Balaban J connectivity index is 1.66. The molecule has 0 saturated carbocycles. The topological polar surface area (TPSA) is 72.5 Å². The minimum absolute atomic E-state index is 0.194. The quantitative estimate of drug-likeness (QED) is 0.283. The summed E-state index contributed by atoms with van der Waals surface area (Å²) in [5.74, 6) is -0.584. The van der Waals surface area contributed by atoms with Gasteiger partial charge >= 0.3 is 5.97 Å². The van der Waals surface area contributed by atoms with Crippen LogP contribution < -0.4 is 0 Å². The molecule has 6 atom stereocenters. The van der Waals surface area contributed by atoms with Crippen LogP contribution in [0, 0.1) is 0 Å². The molecule has 3 aromatic rings. The molecular weight excluding hydrogens is 503 g/mol. The van der Waals surface area contributed by atoms with Crippen LogP contribution in [0.15, 0.2) is 91.0 Å². The Morgan fingerprint density at radius 2 is 1.18 bits per heavy atom. The molecule has 0 amide bonds. The number of alkyl halides is 1. The van der Waals surface area contributed by atoms with Crippen molar-refractivity contribution in [3.63, 3.8) is 0 Å². The molecule has 8 heteroatoms. The lowest BCUT2D eigenvalue weighted by atomic mass is 9.95. The van der Waals surface area contributed by atoms with Crippen LogP contribution in [0.5, 0.6) is 0 Å². The Bertz CT molecular complexity index is 1120. The number of hydrogen-bond donors (Lipinski definition) is 0. The average molecular weight is 539 g/mol. The number of esters is 1. The second-order valence-corrected chi connectivity index (χ2v) is 9.33. The van der Waals surface area contributed by atoms with E-state index in [0.717, 1.165) is 16.7 Å². The highest BCUT2D eigenvalue weighted by molar-refractivity contribution is 5.66. The summed E-state index contributed by atoms with van der Waals surface area (Å²) in [5.41, 5.74) is 2.73. The number of halogens is 1. The van der Waals surface area contributed by atoms with Crippen molar-refractivity contribution in [2.75, 3.05) is 13.7 Å². The number of benzene rings is 3. The molecule has 1 aliphatic rings. The van der Waals surface area contributed by atoms with Gasteiger partial charge in [0.1, 0.15) is 24.4 Å². The van der Waals surface area contributed by atoms with Gasteiger partial charge in [-0.25, -0.2) is 4.39 Å². The number of ether oxygens (including phenoxy) is 6. The monoisotopic (exact) mass is 538 g/mol. The zero-order chi connectivity index (χ0) is 27.5. The van der Waals surface area contributed by atoms with Crippen molar-refractivity contribution in [3.8, 4) is 0 Å². The Morgan fingerprint density at radius 3 is 1.62 bits per heavy atom. The van der Waals surface area contributed by atoms with Gasteiger partial charge in [-0.05, 0) is 16.7 Å². The second kappa shape index (κ2) is 14.9. The third-order valence-corrected chi connectivity index (χ3v) is 6.35. The average Bonchev–Trinajstić information content (AvgIpc) is 2.96. The minimum Gasteiger partial charge on any atom is -0.433 e. The van der Waals surface area contributed by atoms with Gasteiger partial charge in [-0.1, -0.05) is 91.0 Å². The van der Waals surface area contributed by atoms with Crippen molar-refractivity contribution in [2.45, 2.75) is 63.6 Å². The molecule has 39 heavy (non-hydrogen) atoms. The van der Waals surface area contributed by atoms with Gasteiger partial charge < -0.3 is 28.4 Å². The largest absolute Gasteiger partial charge is 0.433 e. The van der Waals surface area contributed by atoms with Crippen LogP contribution in [-0.2, 0) is 53.0 Å². The summed E-state index contributed by atoms with van der Waals surface area (Å²) in [5, 5.41) is 0. The number of methoxy groups -OCH3 is 1. The first kappa shape index (κ1) is 28.9. The molecule has 0 aromatic heterocycles. The molecule has 1 aliphatic heterocycles. The molecule has 0 radical (unpaired) electrons. The van der Waals surface area contributed by atoms with Crippen molar-refractivity contribution in [1.29, 1.82) is 0 Å². The summed E-state index contributed by atoms with van der Waals surface area (Å²) in [6, 6.07) is 28.7. The maximum absolute atomic E-state index is 15.5. The lowest BCUT2D eigenvalue weighted by molar-refractivity contribution is -0.323. The minimum atomic E-state index is -1.58. The van der Waals surface area contributed by atoms with E-state index in [2.05, 4.69) is 0 Å². The van der Waals surface area contributed by atoms with Crippen molar-refractivity contribution in [2.24, 2.45) is 0 Å². The molecule has 1 fully saturated rings. The van der Waals surface area contributed by atoms with E-state index in [-0.39, 0.29) is 26.4 Å². The summed E-state index contributed by atoms with van der Waals surface area (Å²) < 4.78 is 51.2. The van der Waals surface area contributed by atoms with E-state index in [1.54, 1.807) is 0 Å². The van der Waals surface area contributed by atoms with Gasteiger partial charge in [-0.2, -0.15) is 0 Å². The molecule has 208 valence electrons. The Hall–Kier alpha value is -3.14. The fraction of sp³-hybridized carbons (Fsp3) is 0.387. The van der Waals surface area contributed by atoms with Crippen molar-refractivity contribution < 1.29 is 37.6 Å². The summed E-state index contributed by atoms with van der Waals surface area (Å²) in [4.78, 5) is 12.1. The van der Waals surface area contributed by atoms with E-state index in [9.17, 15) is 4.79 Å². The van der Waals surface area contributed by atoms with Crippen molar-refractivity contribution in [1.82, 2.24) is 0 Å². The first-order valence-corrected chi connectivity index (χ1v) is 13.0. The van der Waals surface area contributed by atoms with Crippen LogP contribution in [0.1, 0.15) is 23.6 Å². The van der Waals surface area contributed by atoms with Crippen molar-refractivity contribution >= 4 is 5.97 Å².